The summed E-state index contributed by atoms with van der Waals surface area (Å²) in [5.74, 6) is 1.21. The molecule has 1 N–H and O–H groups in total. The van der Waals surface area contributed by atoms with Crippen molar-refractivity contribution in [2.75, 3.05) is 38.5 Å². The molecule has 2 fully saturated rings. The molecule has 0 radical (unpaired) electrons. The van der Waals surface area contributed by atoms with Gasteiger partial charge in [0.05, 0.1) is 6.61 Å². The number of carbonyl (C=O) groups is 1. The zero-order valence-electron chi connectivity index (χ0n) is 9.48. The normalized spacial score (nSPS) is 30.7. The van der Waals surface area contributed by atoms with E-state index in [0.29, 0.717) is 18.4 Å². The highest BCUT2D eigenvalue weighted by Crippen LogP contribution is 2.18. The quantitative estimate of drug-likeness (QED) is 0.744. The number of nitrogens with zero attached hydrogens (tertiary/aromatic N) is 1. The van der Waals surface area contributed by atoms with E-state index in [1.165, 1.54) is 0 Å². The van der Waals surface area contributed by atoms with Crippen LogP contribution in [0.15, 0.2) is 0 Å². The first-order chi connectivity index (χ1) is 7.27. The minimum Gasteiger partial charge on any atom is -0.366 e. The summed E-state index contributed by atoms with van der Waals surface area (Å²) < 4.78 is 5.47. The van der Waals surface area contributed by atoms with E-state index < -0.39 is 0 Å². The zero-order valence-corrected chi connectivity index (χ0v) is 11.1. The lowest BCUT2D eigenvalue weighted by Gasteiger charge is -2.34. The Morgan fingerprint density at radius 2 is 2.38 bits per heavy atom. The van der Waals surface area contributed by atoms with Gasteiger partial charge in [0.25, 0.3) is 5.91 Å². The molecule has 1 unspecified atom stereocenters. The number of amides is 1. The molecule has 0 saturated carbocycles. The van der Waals surface area contributed by atoms with Crippen molar-refractivity contribution < 1.29 is 9.53 Å². The zero-order chi connectivity index (χ0) is 10.7. The molecule has 94 valence electrons. The SMILES string of the molecule is CC1CN(C(=O)[C@H]2CNCCO2)CCS1.Cl. The van der Waals surface area contributed by atoms with Gasteiger partial charge in [-0.2, -0.15) is 11.8 Å². The van der Waals surface area contributed by atoms with Crippen molar-refractivity contribution in [3.8, 4) is 0 Å². The second-order valence-corrected chi connectivity index (χ2v) is 5.58. The Balaban J connectivity index is 0.00000128. The molecule has 4 nitrogen and oxygen atoms in total. The monoisotopic (exact) mass is 266 g/mol. The number of hydrogen-bond donors (Lipinski definition) is 1. The van der Waals surface area contributed by atoms with E-state index in [2.05, 4.69) is 12.2 Å². The van der Waals surface area contributed by atoms with Crippen molar-refractivity contribution in [1.82, 2.24) is 10.2 Å². The number of morpholine rings is 1. The molecule has 2 aliphatic heterocycles. The number of rotatable bonds is 1. The van der Waals surface area contributed by atoms with Crippen LogP contribution in [0.5, 0.6) is 0 Å². The van der Waals surface area contributed by atoms with Gasteiger partial charge in [-0.1, -0.05) is 6.92 Å². The topological polar surface area (TPSA) is 41.6 Å². The molecular weight excluding hydrogens is 248 g/mol. The fourth-order valence-electron chi connectivity index (χ4n) is 1.95. The molecular formula is C10H19ClN2O2S. The Morgan fingerprint density at radius 1 is 1.56 bits per heavy atom. The van der Waals surface area contributed by atoms with Crippen molar-refractivity contribution in [2.24, 2.45) is 0 Å². The van der Waals surface area contributed by atoms with E-state index in [4.69, 9.17) is 4.74 Å². The highest BCUT2D eigenvalue weighted by molar-refractivity contribution is 7.99. The first-order valence-corrected chi connectivity index (χ1v) is 6.55. The predicted molar refractivity (Wildman–Crippen MR) is 68.4 cm³/mol. The minimum atomic E-state index is -0.256. The van der Waals surface area contributed by atoms with Gasteiger partial charge in [-0.25, -0.2) is 0 Å². The Morgan fingerprint density at radius 3 is 3.00 bits per heavy atom. The number of nitrogens with one attached hydrogen (secondary N) is 1. The lowest BCUT2D eigenvalue weighted by Crippen LogP contribution is -2.52. The van der Waals surface area contributed by atoms with Crippen molar-refractivity contribution in [3.63, 3.8) is 0 Å². The summed E-state index contributed by atoms with van der Waals surface area (Å²) in [5.41, 5.74) is 0. The van der Waals surface area contributed by atoms with E-state index in [0.717, 1.165) is 25.4 Å². The van der Waals surface area contributed by atoms with Gasteiger partial charge in [0.15, 0.2) is 0 Å². The Labute approximate surface area is 107 Å². The smallest absolute Gasteiger partial charge is 0.253 e. The third-order valence-electron chi connectivity index (χ3n) is 2.76. The second kappa shape index (κ2) is 6.69. The Hall–Kier alpha value is 0.0300. The molecule has 2 rings (SSSR count). The fraction of sp³-hybridized carbons (Fsp3) is 0.900. The lowest BCUT2D eigenvalue weighted by atomic mass is 10.2. The largest absolute Gasteiger partial charge is 0.366 e. The van der Waals surface area contributed by atoms with Crippen molar-refractivity contribution in [1.29, 1.82) is 0 Å². The van der Waals surface area contributed by atoms with Gasteiger partial charge < -0.3 is 15.0 Å². The van der Waals surface area contributed by atoms with Crippen LogP contribution in [0.4, 0.5) is 0 Å². The third kappa shape index (κ3) is 3.52. The summed E-state index contributed by atoms with van der Waals surface area (Å²) in [4.78, 5) is 14.0. The van der Waals surface area contributed by atoms with Gasteiger partial charge in [-0.05, 0) is 0 Å². The standard InChI is InChI=1S/C10H18N2O2S.ClH/c1-8-7-12(3-5-15-8)10(13)9-6-11-2-4-14-9;/h8-9,11H,2-7H2,1H3;1H/t8?,9-;/m1./s1. The van der Waals surface area contributed by atoms with Crippen LogP contribution in [0.3, 0.4) is 0 Å². The molecule has 2 heterocycles. The predicted octanol–water partition coefficient (Wildman–Crippen LogP) is 0.361. The lowest BCUT2D eigenvalue weighted by molar-refractivity contribution is -0.145. The number of thioether (sulfide) groups is 1. The van der Waals surface area contributed by atoms with Crippen LogP contribution in [0.25, 0.3) is 0 Å². The first kappa shape index (κ1) is 14.1. The molecule has 2 atom stereocenters. The maximum Gasteiger partial charge on any atom is 0.253 e. The highest BCUT2D eigenvalue weighted by Gasteiger charge is 2.29. The summed E-state index contributed by atoms with van der Waals surface area (Å²) >= 11 is 1.94. The average Bonchev–Trinajstić information content (AvgIpc) is 2.29. The molecule has 0 aromatic carbocycles. The average molecular weight is 267 g/mol. The fourth-order valence-corrected chi connectivity index (χ4v) is 2.96. The summed E-state index contributed by atoms with van der Waals surface area (Å²) in [6.45, 7) is 6.07. The Kier molecular flexibility index (Phi) is 5.89. The minimum absolute atomic E-state index is 0. The number of hydrogen-bond acceptors (Lipinski definition) is 4. The summed E-state index contributed by atoms with van der Waals surface area (Å²) in [5, 5.41) is 3.74. The number of ether oxygens (including phenoxy) is 1. The van der Waals surface area contributed by atoms with Gasteiger partial charge in [0.1, 0.15) is 6.10 Å². The maximum atomic E-state index is 12.1. The molecule has 0 aromatic heterocycles. The van der Waals surface area contributed by atoms with Crippen LogP contribution in [0.2, 0.25) is 0 Å². The van der Waals surface area contributed by atoms with Gasteiger partial charge in [-0.15, -0.1) is 12.4 Å². The van der Waals surface area contributed by atoms with Crippen molar-refractivity contribution in [2.45, 2.75) is 18.3 Å². The van der Waals surface area contributed by atoms with Crippen LogP contribution in [0.1, 0.15) is 6.92 Å². The van der Waals surface area contributed by atoms with Crippen LogP contribution < -0.4 is 5.32 Å². The molecule has 0 aromatic rings. The van der Waals surface area contributed by atoms with Crippen LogP contribution in [-0.4, -0.2) is 60.7 Å². The maximum absolute atomic E-state index is 12.1. The molecule has 0 bridgehead atoms. The molecule has 2 aliphatic rings. The van der Waals surface area contributed by atoms with Gasteiger partial charge in [0.2, 0.25) is 0 Å². The highest BCUT2D eigenvalue weighted by atomic mass is 35.5. The third-order valence-corrected chi connectivity index (χ3v) is 3.89. The van der Waals surface area contributed by atoms with Gasteiger partial charge in [-0.3, -0.25) is 4.79 Å². The molecule has 1 amide bonds. The van der Waals surface area contributed by atoms with Crippen LogP contribution in [0, 0.1) is 0 Å². The van der Waals surface area contributed by atoms with Crippen LogP contribution in [-0.2, 0) is 9.53 Å². The van der Waals surface area contributed by atoms with Crippen molar-refractivity contribution in [3.05, 3.63) is 0 Å². The van der Waals surface area contributed by atoms with E-state index in [1.807, 2.05) is 16.7 Å². The van der Waals surface area contributed by atoms with Gasteiger partial charge >= 0.3 is 0 Å². The summed E-state index contributed by atoms with van der Waals surface area (Å²) in [7, 11) is 0. The molecule has 0 aliphatic carbocycles. The summed E-state index contributed by atoms with van der Waals surface area (Å²) in [6, 6.07) is 0. The Bertz CT molecular complexity index is 237. The van der Waals surface area contributed by atoms with E-state index in [1.54, 1.807) is 0 Å². The van der Waals surface area contributed by atoms with E-state index in [9.17, 15) is 4.79 Å². The van der Waals surface area contributed by atoms with Gasteiger partial charge in [0, 0.05) is 37.2 Å². The molecule has 16 heavy (non-hydrogen) atoms. The number of halogens is 1. The number of carbonyl (C=O) groups excluding carboxylic acids is 1. The van der Waals surface area contributed by atoms with Crippen molar-refractivity contribution >= 4 is 30.1 Å². The second-order valence-electron chi connectivity index (χ2n) is 4.03. The molecule has 2 saturated heterocycles. The first-order valence-electron chi connectivity index (χ1n) is 5.50. The molecule has 0 spiro atoms. The van der Waals surface area contributed by atoms with Crippen LogP contribution >= 0.6 is 24.2 Å². The molecule has 6 heteroatoms. The summed E-state index contributed by atoms with van der Waals surface area (Å²) in [6.07, 6.45) is -0.256. The van der Waals surface area contributed by atoms with E-state index in [-0.39, 0.29) is 24.4 Å². The van der Waals surface area contributed by atoms with E-state index >= 15 is 0 Å².